The molecule has 0 unspecified atom stereocenters. The van der Waals surface area contributed by atoms with Gasteiger partial charge in [-0.25, -0.2) is 0 Å². The van der Waals surface area contributed by atoms with Gasteiger partial charge in [-0.3, -0.25) is 14.6 Å². The summed E-state index contributed by atoms with van der Waals surface area (Å²) in [4.78, 5) is 32.3. The van der Waals surface area contributed by atoms with Crippen molar-refractivity contribution in [3.8, 4) is 11.1 Å². The Balaban J connectivity index is 1.89. The smallest absolute Gasteiger partial charge is 0.228 e. The molecule has 0 saturated carbocycles. The summed E-state index contributed by atoms with van der Waals surface area (Å²) in [6.45, 7) is 9.31. The highest BCUT2D eigenvalue weighted by Gasteiger charge is 2.43. The Bertz CT molecular complexity index is 895. The summed E-state index contributed by atoms with van der Waals surface area (Å²) >= 11 is 0. The van der Waals surface area contributed by atoms with Gasteiger partial charge in [0.1, 0.15) is 0 Å². The van der Waals surface area contributed by atoms with Crippen LogP contribution in [0.15, 0.2) is 48.8 Å². The van der Waals surface area contributed by atoms with Crippen LogP contribution < -0.4 is 5.32 Å². The minimum atomic E-state index is -0.605. The lowest BCUT2D eigenvalue weighted by molar-refractivity contribution is -0.142. The highest BCUT2D eigenvalue weighted by atomic mass is 16.2. The van der Waals surface area contributed by atoms with E-state index in [-0.39, 0.29) is 17.9 Å². The van der Waals surface area contributed by atoms with E-state index in [1.165, 1.54) is 0 Å². The molecule has 1 aliphatic heterocycles. The number of carbonyl (C=O) groups is 2. The first-order valence-electron chi connectivity index (χ1n) is 11.4. The summed E-state index contributed by atoms with van der Waals surface area (Å²) in [5, 5.41) is 3.13. The molecule has 1 aromatic heterocycles. The number of nitrogens with zero attached hydrogens (tertiary/aromatic N) is 2. The average molecular weight is 422 g/mol. The van der Waals surface area contributed by atoms with E-state index in [0.717, 1.165) is 36.1 Å². The van der Waals surface area contributed by atoms with Crippen LogP contribution in [0.1, 0.15) is 52.5 Å². The quantitative estimate of drug-likeness (QED) is 0.717. The van der Waals surface area contributed by atoms with Crippen molar-refractivity contribution in [1.82, 2.24) is 15.2 Å². The van der Waals surface area contributed by atoms with Gasteiger partial charge in [-0.15, -0.1) is 0 Å². The van der Waals surface area contributed by atoms with E-state index in [1.54, 1.807) is 12.4 Å². The zero-order valence-corrected chi connectivity index (χ0v) is 19.2. The molecule has 1 aromatic carbocycles. The first kappa shape index (κ1) is 23.0. The molecule has 1 saturated heterocycles. The van der Waals surface area contributed by atoms with Crippen LogP contribution in [0.5, 0.6) is 0 Å². The predicted octanol–water partition coefficient (Wildman–Crippen LogP) is 4.47. The topological polar surface area (TPSA) is 62.3 Å². The molecule has 1 atom stereocenters. The Hall–Kier alpha value is -2.69. The third kappa shape index (κ3) is 5.93. The maximum absolute atomic E-state index is 13.4. The first-order chi connectivity index (χ1) is 14.8. The molecular formula is C26H35N3O2. The van der Waals surface area contributed by atoms with Crippen molar-refractivity contribution in [2.24, 2.45) is 11.3 Å². The Morgan fingerprint density at radius 2 is 1.84 bits per heavy atom. The second kappa shape index (κ2) is 10.1. The van der Waals surface area contributed by atoms with Gasteiger partial charge in [0.15, 0.2) is 0 Å². The van der Waals surface area contributed by atoms with Crippen molar-refractivity contribution < 1.29 is 9.59 Å². The number of nitrogens with one attached hydrogen (secondary N) is 1. The fraction of sp³-hybridized carbons (Fsp3) is 0.500. The molecule has 1 fully saturated rings. The van der Waals surface area contributed by atoms with Crippen molar-refractivity contribution >= 4 is 11.8 Å². The van der Waals surface area contributed by atoms with Crippen molar-refractivity contribution in [2.45, 2.75) is 59.4 Å². The molecule has 0 aliphatic carbocycles. The first-order valence-corrected chi connectivity index (χ1v) is 11.4. The van der Waals surface area contributed by atoms with Crippen LogP contribution in [-0.2, 0) is 16.0 Å². The van der Waals surface area contributed by atoms with E-state index < -0.39 is 5.41 Å². The number of hydrogen-bond donors (Lipinski definition) is 1. The molecule has 1 aliphatic rings. The van der Waals surface area contributed by atoms with Gasteiger partial charge in [0, 0.05) is 37.9 Å². The van der Waals surface area contributed by atoms with Gasteiger partial charge in [0.05, 0.1) is 5.41 Å². The summed E-state index contributed by atoms with van der Waals surface area (Å²) in [6.07, 6.45) is 6.36. The Labute approximate surface area is 186 Å². The number of hydrogen-bond acceptors (Lipinski definition) is 3. The largest absolute Gasteiger partial charge is 0.353 e. The van der Waals surface area contributed by atoms with Gasteiger partial charge in [0.25, 0.3) is 0 Å². The van der Waals surface area contributed by atoms with E-state index in [4.69, 9.17) is 0 Å². The highest BCUT2D eigenvalue weighted by molar-refractivity contribution is 5.85. The van der Waals surface area contributed by atoms with E-state index in [0.29, 0.717) is 25.3 Å². The number of rotatable bonds is 7. The van der Waals surface area contributed by atoms with Crippen LogP contribution in [0.3, 0.4) is 0 Å². The molecule has 166 valence electrons. The van der Waals surface area contributed by atoms with Crippen LogP contribution in [-0.4, -0.2) is 40.8 Å². The summed E-state index contributed by atoms with van der Waals surface area (Å²) in [7, 11) is 0. The zero-order valence-electron chi connectivity index (χ0n) is 19.2. The minimum absolute atomic E-state index is 0.0545. The summed E-state index contributed by atoms with van der Waals surface area (Å²) < 4.78 is 0. The Kier molecular flexibility index (Phi) is 7.47. The molecule has 2 aromatic rings. The third-order valence-electron chi connectivity index (χ3n) is 5.90. The lowest BCUT2D eigenvalue weighted by Gasteiger charge is -2.42. The molecule has 31 heavy (non-hydrogen) atoms. The molecule has 0 spiro atoms. The molecule has 3 rings (SSSR count). The van der Waals surface area contributed by atoms with E-state index in [1.807, 2.05) is 36.9 Å². The number of piperidine rings is 1. The molecular weight excluding hydrogens is 386 g/mol. The monoisotopic (exact) mass is 421 g/mol. The third-order valence-corrected chi connectivity index (χ3v) is 5.90. The highest BCUT2D eigenvalue weighted by Crippen LogP contribution is 2.36. The normalized spacial score (nSPS) is 19.0. The van der Waals surface area contributed by atoms with Crippen LogP contribution >= 0.6 is 0 Å². The van der Waals surface area contributed by atoms with Gasteiger partial charge in [0.2, 0.25) is 11.8 Å². The van der Waals surface area contributed by atoms with E-state index >= 15 is 0 Å². The Morgan fingerprint density at radius 3 is 2.52 bits per heavy atom. The maximum atomic E-state index is 13.4. The Morgan fingerprint density at radius 1 is 1.10 bits per heavy atom. The van der Waals surface area contributed by atoms with Crippen molar-refractivity contribution in [3.05, 3.63) is 54.4 Å². The van der Waals surface area contributed by atoms with E-state index in [2.05, 4.69) is 42.3 Å². The number of pyridine rings is 1. The van der Waals surface area contributed by atoms with Crippen LogP contribution in [0.25, 0.3) is 11.1 Å². The van der Waals surface area contributed by atoms with Gasteiger partial charge >= 0.3 is 0 Å². The molecule has 5 nitrogen and oxygen atoms in total. The standard InChI is InChI=1S/C26H35N3O2/c1-19(2)15-24(30)29-14-6-11-26(18-29,25(31)28-20(3)4)17-21-7-5-8-23(16-21)22-9-12-27-13-10-22/h5,7-10,12-13,16,19-20H,6,11,14-15,17-18H2,1-4H3,(H,28,31)/t26-/m1/s1. The van der Waals surface area contributed by atoms with E-state index in [9.17, 15) is 9.59 Å². The number of amides is 2. The molecule has 0 radical (unpaired) electrons. The number of benzene rings is 1. The molecule has 2 amide bonds. The van der Waals surface area contributed by atoms with Crippen LogP contribution in [0, 0.1) is 11.3 Å². The second-order valence-electron chi connectivity index (χ2n) is 9.54. The fourth-order valence-corrected chi connectivity index (χ4v) is 4.44. The van der Waals surface area contributed by atoms with Crippen molar-refractivity contribution in [2.75, 3.05) is 13.1 Å². The lowest BCUT2D eigenvalue weighted by Crippen LogP contribution is -2.55. The van der Waals surface area contributed by atoms with Crippen LogP contribution in [0.2, 0.25) is 0 Å². The molecule has 0 bridgehead atoms. The molecule has 5 heteroatoms. The van der Waals surface area contributed by atoms with Crippen molar-refractivity contribution in [1.29, 1.82) is 0 Å². The summed E-state index contributed by atoms with van der Waals surface area (Å²) in [6, 6.07) is 12.4. The fourth-order valence-electron chi connectivity index (χ4n) is 4.44. The SMILES string of the molecule is CC(C)CC(=O)N1CCC[C@](Cc2cccc(-c3ccncc3)c2)(C(=O)NC(C)C)C1. The lowest BCUT2D eigenvalue weighted by atomic mass is 9.73. The van der Waals surface area contributed by atoms with Crippen molar-refractivity contribution in [3.63, 3.8) is 0 Å². The van der Waals surface area contributed by atoms with Gasteiger partial charge < -0.3 is 10.2 Å². The van der Waals surface area contributed by atoms with Gasteiger partial charge in [-0.2, -0.15) is 0 Å². The molecule has 1 N–H and O–H groups in total. The van der Waals surface area contributed by atoms with Gasteiger partial charge in [-0.05, 0) is 67.9 Å². The summed E-state index contributed by atoms with van der Waals surface area (Å²) in [5.41, 5.74) is 2.73. The summed E-state index contributed by atoms with van der Waals surface area (Å²) in [5.74, 6) is 0.520. The maximum Gasteiger partial charge on any atom is 0.228 e. The average Bonchev–Trinajstić information content (AvgIpc) is 2.74. The number of carbonyl (C=O) groups excluding carboxylic acids is 2. The minimum Gasteiger partial charge on any atom is -0.353 e. The predicted molar refractivity (Wildman–Crippen MR) is 124 cm³/mol. The van der Waals surface area contributed by atoms with Gasteiger partial charge in [-0.1, -0.05) is 38.1 Å². The zero-order chi connectivity index (χ0) is 22.4. The molecule has 2 heterocycles. The number of aromatic nitrogens is 1. The number of likely N-dealkylation sites (tertiary alicyclic amines) is 1. The van der Waals surface area contributed by atoms with Crippen LogP contribution in [0.4, 0.5) is 0 Å². The second-order valence-corrected chi connectivity index (χ2v) is 9.54.